The van der Waals surface area contributed by atoms with E-state index in [0.717, 1.165) is 37.7 Å². The number of ether oxygens (including phenoxy) is 1. The van der Waals surface area contributed by atoms with Gasteiger partial charge in [0.15, 0.2) is 0 Å². The molecule has 0 radical (unpaired) electrons. The van der Waals surface area contributed by atoms with Crippen LogP contribution in [0.5, 0.6) is 5.75 Å². The van der Waals surface area contributed by atoms with Gasteiger partial charge in [0.05, 0.1) is 31.0 Å². The van der Waals surface area contributed by atoms with Crippen LogP contribution in [-0.4, -0.2) is 50.6 Å². The van der Waals surface area contributed by atoms with Gasteiger partial charge in [-0.3, -0.25) is 9.69 Å². The number of hydrogen-bond donors (Lipinski definition) is 1. The van der Waals surface area contributed by atoms with Crippen LogP contribution in [0.25, 0.3) is 0 Å². The lowest BCUT2D eigenvalue weighted by Crippen LogP contribution is -2.49. The molecule has 0 bridgehead atoms. The maximum atomic E-state index is 12.7. The van der Waals surface area contributed by atoms with Gasteiger partial charge in [-0.2, -0.15) is 5.26 Å². The fourth-order valence-electron chi connectivity index (χ4n) is 4.00. The number of furan rings is 1. The van der Waals surface area contributed by atoms with Gasteiger partial charge in [-0.1, -0.05) is 6.07 Å². The van der Waals surface area contributed by atoms with Crippen molar-refractivity contribution in [1.82, 2.24) is 10.2 Å². The van der Waals surface area contributed by atoms with Crippen molar-refractivity contribution in [3.05, 3.63) is 83.8 Å². The van der Waals surface area contributed by atoms with Crippen LogP contribution in [0.2, 0.25) is 0 Å². The molecule has 1 atom stereocenters. The van der Waals surface area contributed by atoms with E-state index in [4.69, 9.17) is 14.4 Å². The van der Waals surface area contributed by atoms with Gasteiger partial charge in [0.2, 0.25) is 0 Å². The van der Waals surface area contributed by atoms with Crippen LogP contribution in [0, 0.1) is 11.3 Å². The van der Waals surface area contributed by atoms with Gasteiger partial charge in [-0.25, -0.2) is 0 Å². The number of benzene rings is 2. The van der Waals surface area contributed by atoms with Gasteiger partial charge in [0, 0.05) is 44.0 Å². The molecule has 1 saturated heterocycles. The Morgan fingerprint density at radius 2 is 1.91 bits per heavy atom. The van der Waals surface area contributed by atoms with E-state index in [2.05, 4.69) is 33.3 Å². The van der Waals surface area contributed by atoms with E-state index in [1.165, 1.54) is 5.69 Å². The molecule has 7 nitrogen and oxygen atoms in total. The third-order valence-corrected chi connectivity index (χ3v) is 5.77. The Labute approximate surface area is 187 Å². The number of carbonyl (C=O) groups is 1. The second-order valence-electron chi connectivity index (χ2n) is 7.65. The number of anilines is 1. The summed E-state index contributed by atoms with van der Waals surface area (Å²) < 4.78 is 10.9. The number of amides is 1. The van der Waals surface area contributed by atoms with Crippen LogP contribution in [-0.2, 0) is 0 Å². The highest BCUT2D eigenvalue weighted by molar-refractivity contribution is 5.94. The Morgan fingerprint density at radius 1 is 1.12 bits per heavy atom. The maximum absolute atomic E-state index is 12.7. The van der Waals surface area contributed by atoms with E-state index in [-0.39, 0.29) is 11.9 Å². The minimum absolute atomic E-state index is 0.0638. The molecule has 1 unspecified atom stereocenters. The number of methoxy groups -OCH3 is 1. The molecule has 0 aliphatic carbocycles. The minimum atomic E-state index is -0.199. The fraction of sp³-hybridized carbons (Fsp3) is 0.280. The minimum Gasteiger partial charge on any atom is -0.497 e. The second kappa shape index (κ2) is 10.0. The zero-order valence-corrected chi connectivity index (χ0v) is 18.0. The molecule has 2 aromatic carbocycles. The summed E-state index contributed by atoms with van der Waals surface area (Å²) in [5.74, 6) is 1.48. The van der Waals surface area contributed by atoms with Crippen LogP contribution >= 0.6 is 0 Å². The maximum Gasteiger partial charge on any atom is 0.251 e. The summed E-state index contributed by atoms with van der Waals surface area (Å²) in [6.07, 6.45) is 1.66. The molecule has 1 aliphatic rings. The third kappa shape index (κ3) is 4.93. The second-order valence-corrected chi connectivity index (χ2v) is 7.65. The Bertz CT molecular complexity index is 1070. The van der Waals surface area contributed by atoms with E-state index in [9.17, 15) is 4.79 Å². The number of carbonyl (C=O) groups excluding carboxylic acids is 1. The Balaban J connectivity index is 1.40. The highest BCUT2D eigenvalue weighted by Gasteiger charge is 2.27. The van der Waals surface area contributed by atoms with Gasteiger partial charge in [-0.15, -0.1) is 0 Å². The molecule has 4 rings (SSSR count). The van der Waals surface area contributed by atoms with Crippen LogP contribution in [0.3, 0.4) is 0 Å². The first-order chi connectivity index (χ1) is 15.7. The van der Waals surface area contributed by atoms with Gasteiger partial charge in [-0.05, 0) is 54.6 Å². The van der Waals surface area contributed by atoms with Crippen molar-refractivity contribution in [2.75, 3.05) is 44.7 Å². The molecule has 1 N–H and O–H groups in total. The molecule has 1 aromatic heterocycles. The molecular weight excluding hydrogens is 404 g/mol. The van der Waals surface area contributed by atoms with Crippen LogP contribution in [0.4, 0.5) is 5.69 Å². The number of hydrogen-bond acceptors (Lipinski definition) is 6. The van der Waals surface area contributed by atoms with Gasteiger partial charge >= 0.3 is 0 Å². The Hall–Kier alpha value is -3.76. The van der Waals surface area contributed by atoms with E-state index in [1.54, 1.807) is 37.6 Å². The Morgan fingerprint density at radius 3 is 2.56 bits per heavy atom. The molecule has 164 valence electrons. The summed E-state index contributed by atoms with van der Waals surface area (Å²) in [7, 11) is 1.67. The Kier molecular flexibility index (Phi) is 6.73. The van der Waals surface area contributed by atoms with Crippen molar-refractivity contribution in [3.63, 3.8) is 0 Å². The van der Waals surface area contributed by atoms with E-state index in [1.807, 2.05) is 24.3 Å². The van der Waals surface area contributed by atoms with Crippen molar-refractivity contribution in [2.45, 2.75) is 6.04 Å². The van der Waals surface area contributed by atoms with Gasteiger partial charge < -0.3 is 19.4 Å². The number of piperazine rings is 1. The van der Waals surface area contributed by atoms with Crippen LogP contribution in [0.15, 0.2) is 71.3 Å². The first-order valence-electron chi connectivity index (χ1n) is 10.6. The zero-order valence-electron chi connectivity index (χ0n) is 18.0. The zero-order chi connectivity index (χ0) is 22.3. The SMILES string of the molecule is COc1ccc(N2CCN(C(CNC(=O)c3cccc(C#N)c3)c3ccco3)CC2)cc1. The topological polar surface area (TPSA) is 81.7 Å². The lowest BCUT2D eigenvalue weighted by molar-refractivity contribution is 0.0923. The van der Waals surface area contributed by atoms with E-state index < -0.39 is 0 Å². The molecule has 0 saturated carbocycles. The molecule has 0 spiro atoms. The summed E-state index contributed by atoms with van der Waals surface area (Å²) in [5, 5.41) is 12.1. The number of nitrogens with one attached hydrogen (secondary N) is 1. The molecule has 1 fully saturated rings. The highest BCUT2D eigenvalue weighted by atomic mass is 16.5. The lowest BCUT2D eigenvalue weighted by Gasteiger charge is -2.39. The standard InChI is InChI=1S/C25H26N4O3/c1-31-22-9-7-21(8-10-22)28-11-13-29(14-12-28)23(24-6-3-15-32-24)18-27-25(30)20-5-2-4-19(16-20)17-26/h2-10,15-16,23H,11-14,18H2,1H3,(H,27,30). The monoisotopic (exact) mass is 430 g/mol. The molecule has 7 heteroatoms. The third-order valence-electron chi connectivity index (χ3n) is 5.77. The number of nitriles is 1. The predicted octanol–water partition coefficient (Wildman–Crippen LogP) is 3.45. The lowest BCUT2D eigenvalue weighted by atomic mass is 10.1. The molecule has 32 heavy (non-hydrogen) atoms. The predicted molar refractivity (Wildman–Crippen MR) is 122 cm³/mol. The average Bonchev–Trinajstić information content (AvgIpc) is 3.39. The molecule has 2 heterocycles. The number of rotatable bonds is 7. The first kappa shape index (κ1) is 21.5. The van der Waals surface area contributed by atoms with Crippen molar-refractivity contribution in [3.8, 4) is 11.8 Å². The van der Waals surface area contributed by atoms with Crippen LogP contribution < -0.4 is 15.0 Å². The van der Waals surface area contributed by atoms with Crippen molar-refractivity contribution in [2.24, 2.45) is 0 Å². The van der Waals surface area contributed by atoms with E-state index >= 15 is 0 Å². The smallest absolute Gasteiger partial charge is 0.251 e. The molecular formula is C25H26N4O3. The summed E-state index contributed by atoms with van der Waals surface area (Å²) in [6.45, 7) is 3.86. The summed E-state index contributed by atoms with van der Waals surface area (Å²) in [5.41, 5.74) is 2.12. The molecule has 3 aromatic rings. The largest absolute Gasteiger partial charge is 0.497 e. The fourth-order valence-corrected chi connectivity index (χ4v) is 4.00. The highest BCUT2D eigenvalue weighted by Crippen LogP contribution is 2.25. The quantitative estimate of drug-likeness (QED) is 0.618. The first-order valence-corrected chi connectivity index (χ1v) is 10.6. The van der Waals surface area contributed by atoms with E-state index in [0.29, 0.717) is 17.7 Å². The summed E-state index contributed by atoms with van der Waals surface area (Å²) in [4.78, 5) is 17.4. The van der Waals surface area contributed by atoms with Crippen molar-refractivity contribution >= 4 is 11.6 Å². The normalized spacial score (nSPS) is 15.1. The molecule has 1 amide bonds. The van der Waals surface area contributed by atoms with Crippen molar-refractivity contribution < 1.29 is 13.9 Å². The van der Waals surface area contributed by atoms with Gasteiger partial charge in [0.25, 0.3) is 5.91 Å². The number of nitrogens with zero attached hydrogens (tertiary/aromatic N) is 3. The molecule has 1 aliphatic heterocycles. The van der Waals surface area contributed by atoms with Crippen molar-refractivity contribution in [1.29, 1.82) is 5.26 Å². The van der Waals surface area contributed by atoms with Gasteiger partial charge in [0.1, 0.15) is 11.5 Å². The average molecular weight is 431 g/mol. The summed E-state index contributed by atoms with van der Waals surface area (Å²) >= 11 is 0. The summed E-state index contributed by atoms with van der Waals surface area (Å²) in [6, 6.07) is 20.7. The van der Waals surface area contributed by atoms with Crippen LogP contribution in [0.1, 0.15) is 27.7 Å².